The summed E-state index contributed by atoms with van der Waals surface area (Å²) in [7, 11) is 10.3. The van der Waals surface area contributed by atoms with Gasteiger partial charge in [0.2, 0.25) is 47.3 Å². The molecule has 2 heterocycles. The van der Waals surface area contributed by atoms with Crippen molar-refractivity contribution in [3.05, 3.63) is 24.3 Å². The summed E-state index contributed by atoms with van der Waals surface area (Å²) in [5.41, 5.74) is 0.732. The van der Waals surface area contributed by atoms with Crippen molar-refractivity contribution in [2.45, 2.75) is 243 Å². The molecule has 0 saturated carbocycles. The Morgan fingerprint density at radius 2 is 0.945 bits per heavy atom. The van der Waals surface area contributed by atoms with Crippen LogP contribution in [0.1, 0.15) is 188 Å². The van der Waals surface area contributed by atoms with Crippen LogP contribution in [0.4, 0.5) is 0 Å². The number of aliphatic hydroxyl groups excluding tert-OH is 1. The Kier molecular flexibility index (Phi) is 32.8. The fraction of sp³-hybridized carbons (Fsp3) is 0.783. The molecule has 0 aliphatic carbocycles. The monoisotopic (exact) mass is 1280 g/mol. The number of carbonyl (C=O) groups is 11. The van der Waals surface area contributed by atoms with E-state index in [-0.39, 0.29) is 74.4 Å². The number of carbonyl (C=O) groups excluding carboxylic acids is 11. The van der Waals surface area contributed by atoms with E-state index in [1.807, 2.05) is 69.2 Å². The van der Waals surface area contributed by atoms with Gasteiger partial charge in [0.1, 0.15) is 36.3 Å². The average Bonchev–Trinajstić information content (AvgIpc) is 0.883. The SMILES string of the molecule is CC[C@H]1CC(=O)[C@@H]([C@H](O)[C@H](C)CCCc2cnccn2)N(C)C(=O)[C@@H](C(C)C)N(C)C(=O)[C@@H](CC(C)C)N(C)C(=O)[C@@H](CC(C)C)N(C)C(=O)[C@H](C)NC(=O)[C@@H](C)CC(=O)[C@@H](CC(C)C)N(C)C(=O)[C@@H](C(C)C)CC(=O)[C@H](CC(C)C)N(C)C(=O)[C@@H](C)N(C)C1=O. The molecule has 0 aromatic carbocycles. The van der Waals surface area contributed by atoms with Crippen molar-refractivity contribution in [3.8, 4) is 0 Å². The summed E-state index contributed by atoms with van der Waals surface area (Å²) in [6.45, 7) is 30.4. The molecule has 2 N–H and O–H groups in total. The van der Waals surface area contributed by atoms with Crippen LogP contribution in [0.15, 0.2) is 18.6 Å². The van der Waals surface area contributed by atoms with Crippen LogP contribution in [0.2, 0.25) is 0 Å². The van der Waals surface area contributed by atoms with E-state index >= 15 is 19.2 Å². The second kappa shape index (κ2) is 36.9. The highest BCUT2D eigenvalue weighted by Gasteiger charge is 2.46. The molecule has 2 rings (SSSR count). The Bertz CT molecular complexity index is 2610. The first-order valence-corrected chi connectivity index (χ1v) is 33.3. The third-order valence-corrected chi connectivity index (χ3v) is 18.5. The molecular formula is C69H118N10O12. The van der Waals surface area contributed by atoms with Crippen molar-refractivity contribution >= 4 is 64.6 Å². The molecule has 13 atom stereocenters. The Balaban J connectivity index is 3.00. The summed E-state index contributed by atoms with van der Waals surface area (Å²) in [6, 6.07) is -9.38. The molecule has 1 aliphatic rings. The van der Waals surface area contributed by atoms with Gasteiger partial charge in [-0.2, -0.15) is 0 Å². The second-order valence-electron chi connectivity index (χ2n) is 28.7. The number of nitrogens with one attached hydrogen (secondary N) is 1. The largest absolute Gasteiger partial charge is 0.390 e. The third-order valence-electron chi connectivity index (χ3n) is 18.5. The van der Waals surface area contributed by atoms with Gasteiger partial charge in [-0.25, -0.2) is 0 Å². The van der Waals surface area contributed by atoms with E-state index < -0.39 is 155 Å². The van der Waals surface area contributed by atoms with Gasteiger partial charge in [-0.1, -0.05) is 104 Å². The van der Waals surface area contributed by atoms with Gasteiger partial charge in [0.05, 0.1) is 23.9 Å². The van der Waals surface area contributed by atoms with Crippen LogP contribution >= 0.6 is 0 Å². The van der Waals surface area contributed by atoms with Crippen molar-refractivity contribution in [2.24, 2.45) is 59.2 Å². The molecule has 0 radical (unpaired) electrons. The molecule has 22 nitrogen and oxygen atoms in total. The number of nitrogens with zero attached hydrogens (tertiary/aromatic N) is 9. The lowest BCUT2D eigenvalue weighted by Gasteiger charge is -2.41. The van der Waals surface area contributed by atoms with Crippen LogP contribution in [0.5, 0.6) is 0 Å². The van der Waals surface area contributed by atoms with Gasteiger partial charge >= 0.3 is 0 Å². The molecule has 0 unspecified atom stereocenters. The predicted molar refractivity (Wildman–Crippen MR) is 352 cm³/mol. The van der Waals surface area contributed by atoms with Crippen LogP contribution in [0, 0.1) is 59.2 Å². The second-order valence-corrected chi connectivity index (χ2v) is 28.7. The van der Waals surface area contributed by atoms with Crippen LogP contribution in [-0.2, 0) is 59.2 Å². The van der Waals surface area contributed by atoms with E-state index in [1.165, 1.54) is 97.5 Å². The number of hydrogen-bond donors (Lipinski definition) is 2. The maximum absolute atomic E-state index is 15.4. The Morgan fingerprint density at radius 3 is 1.41 bits per heavy atom. The van der Waals surface area contributed by atoms with Gasteiger partial charge in [0.15, 0.2) is 17.3 Å². The molecule has 8 amide bonds. The van der Waals surface area contributed by atoms with Crippen LogP contribution in [-0.4, -0.2) is 218 Å². The number of aliphatic hydroxyl groups is 1. The molecule has 1 aromatic heterocycles. The number of likely N-dealkylation sites (N-methyl/N-ethyl adjacent to an activating group) is 7. The van der Waals surface area contributed by atoms with Crippen molar-refractivity contribution < 1.29 is 57.8 Å². The third kappa shape index (κ3) is 22.5. The van der Waals surface area contributed by atoms with Crippen molar-refractivity contribution in [3.63, 3.8) is 0 Å². The van der Waals surface area contributed by atoms with E-state index in [0.29, 0.717) is 19.3 Å². The van der Waals surface area contributed by atoms with Crippen LogP contribution < -0.4 is 5.32 Å². The lowest BCUT2D eigenvalue weighted by molar-refractivity contribution is -0.157. The van der Waals surface area contributed by atoms with E-state index in [9.17, 15) is 38.7 Å². The minimum atomic E-state index is -1.53. The maximum Gasteiger partial charge on any atom is 0.246 e. The average molecular weight is 1280 g/mol. The number of aryl methyl sites for hydroxylation is 1. The fourth-order valence-corrected chi connectivity index (χ4v) is 12.5. The smallest absolute Gasteiger partial charge is 0.246 e. The maximum atomic E-state index is 15.4. The topological polar surface area (TPSA) is 268 Å². The highest BCUT2D eigenvalue weighted by molar-refractivity contribution is 6.00. The zero-order valence-corrected chi connectivity index (χ0v) is 59.9. The normalized spacial score (nSPS) is 26.9. The molecule has 0 bridgehead atoms. The molecule has 516 valence electrons. The van der Waals surface area contributed by atoms with Gasteiger partial charge in [0, 0.05) is 105 Å². The summed E-state index contributed by atoms with van der Waals surface area (Å²) in [6.07, 6.45) is 4.72. The Morgan fingerprint density at radius 1 is 0.495 bits per heavy atom. The summed E-state index contributed by atoms with van der Waals surface area (Å²) < 4.78 is 0. The standard InChI is InChI=1S/C69H118N10O12/c1-25-49-36-58(82)60(61(83)45(14)27-26-28-50-38-70-29-30-71-50)79(24)69(91)59(44(12)13)78(23)68(90)55(34-42(8)9)77(22)67(89)54(33-41(6)7)76(21)63(85)47(16)72-62(84)46(15)35-56(80)52(31-39(2)3)75(20)66(88)51(43(10)11)37-57(81)53(32-40(4)5)74(19)64(86)48(17)73(18)65(49)87/h29-30,38-49,51-55,59-61,83H,25-28,31-37H2,1-24H3,(H,72,84)/t45-,46+,47+,48-,49+,51-,52-,53+,54-,55-,59-,60+,61-/m1/s1. The number of aromatic nitrogens is 2. The fourth-order valence-electron chi connectivity index (χ4n) is 12.5. The summed E-state index contributed by atoms with van der Waals surface area (Å²) in [4.78, 5) is 180. The van der Waals surface area contributed by atoms with E-state index in [1.54, 1.807) is 53.2 Å². The van der Waals surface area contributed by atoms with E-state index in [2.05, 4.69) is 15.3 Å². The quantitative estimate of drug-likeness (QED) is 0.163. The molecule has 91 heavy (non-hydrogen) atoms. The number of rotatable bonds is 17. The zero-order valence-electron chi connectivity index (χ0n) is 59.9. The Labute approximate surface area is 545 Å². The minimum Gasteiger partial charge on any atom is -0.390 e. The summed E-state index contributed by atoms with van der Waals surface area (Å²) in [5.74, 6) is -11.0. The van der Waals surface area contributed by atoms with Crippen LogP contribution in [0.3, 0.4) is 0 Å². The van der Waals surface area contributed by atoms with Gasteiger partial charge in [-0.3, -0.25) is 62.7 Å². The van der Waals surface area contributed by atoms with Crippen molar-refractivity contribution in [1.29, 1.82) is 0 Å². The number of amides is 8. The highest BCUT2D eigenvalue weighted by Crippen LogP contribution is 2.30. The molecule has 1 aliphatic heterocycles. The van der Waals surface area contributed by atoms with Crippen LogP contribution in [0.25, 0.3) is 0 Å². The first-order valence-electron chi connectivity index (χ1n) is 33.3. The summed E-state index contributed by atoms with van der Waals surface area (Å²) in [5, 5.41) is 15.2. The zero-order chi connectivity index (χ0) is 70.0. The number of ketones is 3. The van der Waals surface area contributed by atoms with Gasteiger partial charge < -0.3 is 44.7 Å². The first-order chi connectivity index (χ1) is 42.2. The minimum absolute atomic E-state index is 0.0731. The van der Waals surface area contributed by atoms with Gasteiger partial charge in [-0.15, -0.1) is 0 Å². The highest BCUT2D eigenvalue weighted by atomic mass is 16.3. The van der Waals surface area contributed by atoms with Crippen molar-refractivity contribution in [1.82, 2.24) is 49.6 Å². The lowest BCUT2D eigenvalue weighted by atomic mass is 9.84. The predicted octanol–water partition coefficient (Wildman–Crippen LogP) is 6.78. The Hall–Kier alpha value is -6.19. The molecule has 1 saturated heterocycles. The molecule has 0 spiro atoms. The molecule has 1 fully saturated rings. The number of Topliss-reactive ketones (excluding diaryl/α,β-unsaturated/α-hetero) is 3. The van der Waals surface area contributed by atoms with Gasteiger partial charge in [-0.05, 0) is 107 Å². The van der Waals surface area contributed by atoms with E-state index in [4.69, 9.17) is 0 Å². The molecule has 22 heteroatoms. The van der Waals surface area contributed by atoms with Gasteiger partial charge in [0.25, 0.3) is 0 Å². The van der Waals surface area contributed by atoms with E-state index in [0.717, 1.165) is 5.69 Å². The first kappa shape index (κ1) is 80.9. The van der Waals surface area contributed by atoms with Crippen molar-refractivity contribution in [2.75, 3.05) is 49.3 Å². The lowest BCUT2D eigenvalue weighted by Crippen LogP contribution is -2.61. The molecular weight excluding hydrogens is 1160 g/mol. The number of hydrogen-bond acceptors (Lipinski definition) is 14. The molecule has 1 aromatic rings. The summed E-state index contributed by atoms with van der Waals surface area (Å²) >= 11 is 0.